The Bertz CT molecular complexity index is 532. The van der Waals surface area contributed by atoms with E-state index in [0.29, 0.717) is 12.4 Å². The van der Waals surface area contributed by atoms with Crippen LogP contribution in [-0.2, 0) is 6.54 Å². The molecule has 1 aromatic heterocycles. The minimum atomic E-state index is 0.314. The number of hydrogen-bond donors (Lipinski definition) is 1. The second-order valence-electron chi connectivity index (χ2n) is 3.90. The number of nitrogens with zero attached hydrogens (tertiary/aromatic N) is 1. The molecule has 0 aliphatic rings. The Balaban J connectivity index is 2.49. The topological polar surface area (TPSA) is 61.3 Å². The predicted octanol–water partition coefficient (Wildman–Crippen LogP) is 2.43. The van der Waals surface area contributed by atoms with Gasteiger partial charge in [-0.25, -0.2) is 4.98 Å². The predicted molar refractivity (Wildman–Crippen MR) is 65.9 cm³/mol. The Morgan fingerprint density at radius 1 is 1.29 bits per heavy atom. The zero-order valence-corrected chi connectivity index (χ0v) is 10.3. The van der Waals surface area contributed by atoms with Gasteiger partial charge in [-0.15, -0.1) is 0 Å². The monoisotopic (exact) mass is 232 g/mol. The van der Waals surface area contributed by atoms with E-state index in [1.807, 2.05) is 26.0 Å². The van der Waals surface area contributed by atoms with Gasteiger partial charge in [0.25, 0.3) is 0 Å². The van der Waals surface area contributed by atoms with Crippen molar-refractivity contribution < 1.29 is 9.15 Å². The average Bonchev–Trinajstić information content (AvgIpc) is 2.81. The van der Waals surface area contributed by atoms with E-state index in [1.54, 1.807) is 13.4 Å². The van der Waals surface area contributed by atoms with Crippen LogP contribution in [0.5, 0.6) is 5.75 Å². The molecule has 0 spiro atoms. The van der Waals surface area contributed by atoms with Gasteiger partial charge in [0.15, 0.2) is 0 Å². The van der Waals surface area contributed by atoms with Gasteiger partial charge in [-0.1, -0.05) is 0 Å². The number of oxazole rings is 1. The van der Waals surface area contributed by atoms with Crippen LogP contribution in [0.15, 0.2) is 22.8 Å². The van der Waals surface area contributed by atoms with E-state index >= 15 is 0 Å². The average molecular weight is 232 g/mol. The molecule has 0 unspecified atom stereocenters. The van der Waals surface area contributed by atoms with Gasteiger partial charge in [-0.05, 0) is 37.1 Å². The molecule has 4 heteroatoms. The normalized spacial score (nSPS) is 10.6. The maximum absolute atomic E-state index is 5.48. The fraction of sp³-hybridized carbons (Fsp3) is 0.308. The lowest BCUT2D eigenvalue weighted by Gasteiger charge is -2.10. The largest absolute Gasteiger partial charge is 0.496 e. The summed E-state index contributed by atoms with van der Waals surface area (Å²) in [7, 11) is 1.67. The van der Waals surface area contributed by atoms with Crippen molar-refractivity contribution >= 4 is 0 Å². The van der Waals surface area contributed by atoms with Crippen LogP contribution < -0.4 is 10.5 Å². The fourth-order valence-corrected chi connectivity index (χ4v) is 1.82. The standard InChI is InChI=1S/C13H16N2O2/c1-8-9(2)12(16-3)5-4-10(8)11-7-17-13(6-14)15-11/h4-5,7H,6,14H2,1-3H3. The molecule has 0 bridgehead atoms. The van der Waals surface area contributed by atoms with Gasteiger partial charge in [0.05, 0.1) is 13.7 Å². The van der Waals surface area contributed by atoms with E-state index in [0.717, 1.165) is 28.1 Å². The summed E-state index contributed by atoms with van der Waals surface area (Å²) in [6.07, 6.45) is 1.64. The third kappa shape index (κ3) is 2.03. The lowest BCUT2D eigenvalue weighted by molar-refractivity contribution is 0.411. The van der Waals surface area contributed by atoms with Crippen LogP contribution in [0.25, 0.3) is 11.3 Å². The second kappa shape index (κ2) is 4.59. The van der Waals surface area contributed by atoms with Gasteiger partial charge in [-0.2, -0.15) is 0 Å². The Morgan fingerprint density at radius 2 is 2.06 bits per heavy atom. The third-order valence-electron chi connectivity index (χ3n) is 2.96. The molecule has 1 heterocycles. The van der Waals surface area contributed by atoms with Crippen LogP contribution >= 0.6 is 0 Å². The number of nitrogens with two attached hydrogens (primary N) is 1. The molecule has 0 aliphatic carbocycles. The van der Waals surface area contributed by atoms with E-state index < -0.39 is 0 Å². The first-order valence-corrected chi connectivity index (χ1v) is 5.46. The summed E-state index contributed by atoms with van der Waals surface area (Å²) >= 11 is 0. The minimum Gasteiger partial charge on any atom is -0.496 e. The van der Waals surface area contributed by atoms with Crippen molar-refractivity contribution in [1.29, 1.82) is 0 Å². The smallest absolute Gasteiger partial charge is 0.208 e. The van der Waals surface area contributed by atoms with E-state index in [2.05, 4.69) is 4.98 Å². The second-order valence-corrected chi connectivity index (χ2v) is 3.90. The molecule has 0 aliphatic heterocycles. The molecule has 2 N–H and O–H groups in total. The van der Waals surface area contributed by atoms with E-state index in [9.17, 15) is 0 Å². The van der Waals surface area contributed by atoms with Crippen LogP contribution in [0.3, 0.4) is 0 Å². The molecule has 0 saturated heterocycles. The summed E-state index contributed by atoms with van der Waals surface area (Å²) in [6, 6.07) is 3.92. The fourth-order valence-electron chi connectivity index (χ4n) is 1.82. The summed E-state index contributed by atoms with van der Waals surface area (Å²) in [5, 5.41) is 0. The van der Waals surface area contributed by atoms with E-state index in [1.165, 1.54) is 0 Å². The van der Waals surface area contributed by atoms with Crippen LogP contribution in [0.1, 0.15) is 17.0 Å². The first-order chi connectivity index (χ1) is 8.17. The Labute approximate surface area is 100 Å². The highest BCUT2D eigenvalue weighted by atomic mass is 16.5. The first kappa shape index (κ1) is 11.7. The maximum atomic E-state index is 5.48. The zero-order chi connectivity index (χ0) is 12.4. The molecular weight excluding hydrogens is 216 g/mol. The molecule has 0 saturated carbocycles. The van der Waals surface area contributed by atoms with Crippen molar-refractivity contribution in [3.63, 3.8) is 0 Å². The third-order valence-corrected chi connectivity index (χ3v) is 2.96. The molecule has 0 amide bonds. The van der Waals surface area contributed by atoms with Gasteiger partial charge < -0.3 is 14.9 Å². The SMILES string of the molecule is COc1ccc(-c2coc(CN)n2)c(C)c1C. The summed E-state index contributed by atoms with van der Waals surface area (Å²) in [5.74, 6) is 1.43. The van der Waals surface area contributed by atoms with Gasteiger partial charge in [0.1, 0.15) is 17.7 Å². The van der Waals surface area contributed by atoms with Crippen molar-refractivity contribution in [2.45, 2.75) is 20.4 Å². The highest BCUT2D eigenvalue weighted by Gasteiger charge is 2.11. The number of ether oxygens (including phenoxy) is 1. The van der Waals surface area contributed by atoms with Gasteiger partial charge in [0.2, 0.25) is 5.89 Å². The van der Waals surface area contributed by atoms with Crippen LogP contribution in [0.4, 0.5) is 0 Å². The van der Waals surface area contributed by atoms with Crippen LogP contribution in [0, 0.1) is 13.8 Å². The maximum Gasteiger partial charge on any atom is 0.208 e. The number of aromatic nitrogens is 1. The van der Waals surface area contributed by atoms with Crippen molar-refractivity contribution in [2.75, 3.05) is 7.11 Å². The molecule has 1 aromatic carbocycles. The van der Waals surface area contributed by atoms with Crippen LogP contribution in [-0.4, -0.2) is 12.1 Å². The number of hydrogen-bond acceptors (Lipinski definition) is 4. The van der Waals surface area contributed by atoms with Crippen molar-refractivity contribution in [3.8, 4) is 17.0 Å². The van der Waals surface area contributed by atoms with Crippen molar-refractivity contribution in [3.05, 3.63) is 35.4 Å². The van der Waals surface area contributed by atoms with Crippen LogP contribution in [0.2, 0.25) is 0 Å². The van der Waals surface area contributed by atoms with Gasteiger partial charge in [0, 0.05) is 5.56 Å². The molecule has 90 valence electrons. The summed E-state index contributed by atoms with van der Waals surface area (Å²) in [5.41, 5.74) is 9.59. The zero-order valence-electron chi connectivity index (χ0n) is 10.3. The van der Waals surface area contributed by atoms with Gasteiger partial charge >= 0.3 is 0 Å². The summed E-state index contributed by atoms with van der Waals surface area (Å²) in [4.78, 5) is 4.32. The molecule has 17 heavy (non-hydrogen) atoms. The Kier molecular flexibility index (Phi) is 3.15. The van der Waals surface area contributed by atoms with Crippen molar-refractivity contribution in [1.82, 2.24) is 4.98 Å². The molecule has 2 aromatic rings. The minimum absolute atomic E-state index is 0.314. The quantitative estimate of drug-likeness (QED) is 0.882. The molecule has 0 radical (unpaired) electrons. The molecule has 4 nitrogen and oxygen atoms in total. The molecule has 2 rings (SSSR count). The Hall–Kier alpha value is -1.81. The molecular formula is C13H16N2O2. The van der Waals surface area contributed by atoms with Crippen molar-refractivity contribution in [2.24, 2.45) is 5.73 Å². The Morgan fingerprint density at radius 3 is 2.65 bits per heavy atom. The molecule has 0 fully saturated rings. The summed E-state index contributed by atoms with van der Waals surface area (Å²) in [6.45, 7) is 4.39. The number of benzene rings is 1. The highest BCUT2D eigenvalue weighted by Crippen LogP contribution is 2.30. The molecule has 0 atom stereocenters. The van der Waals surface area contributed by atoms with E-state index in [4.69, 9.17) is 14.9 Å². The van der Waals surface area contributed by atoms with E-state index in [-0.39, 0.29) is 0 Å². The van der Waals surface area contributed by atoms with Gasteiger partial charge in [-0.3, -0.25) is 0 Å². The highest BCUT2D eigenvalue weighted by molar-refractivity contribution is 5.66. The summed E-state index contributed by atoms with van der Waals surface area (Å²) < 4.78 is 10.5. The lowest BCUT2D eigenvalue weighted by Crippen LogP contribution is -1.96. The number of rotatable bonds is 3. The lowest BCUT2D eigenvalue weighted by atomic mass is 10.0. The first-order valence-electron chi connectivity index (χ1n) is 5.46. The number of methoxy groups -OCH3 is 1.